The molecule has 2 aromatic carbocycles. The number of hydrogen-bond donors (Lipinski definition) is 1. The number of carbonyl (C=O) groups is 1. The van der Waals surface area contributed by atoms with Crippen molar-refractivity contribution in [1.29, 1.82) is 0 Å². The number of ether oxygens (including phenoxy) is 1. The summed E-state index contributed by atoms with van der Waals surface area (Å²) >= 11 is 11.9. The third-order valence-electron chi connectivity index (χ3n) is 5.29. The van der Waals surface area contributed by atoms with Gasteiger partial charge in [0.25, 0.3) is 0 Å². The fraction of sp³-hybridized carbons (Fsp3) is 0.409. The Hall–Kier alpha value is -1.59. The minimum absolute atomic E-state index is 0.0934. The molecule has 1 fully saturated rings. The Labute approximate surface area is 176 Å². The van der Waals surface area contributed by atoms with Crippen LogP contribution >= 0.6 is 23.2 Å². The number of aliphatic hydroxyl groups excluding tert-OH is 1. The van der Waals surface area contributed by atoms with Crippen molar-refractivity contribution >= 4 is 29.0 Å². The van der Waals surface area contributed by atoms with Crippen molar-refractivity contribution in [2.24, 2.45) is 11.8 Å². The second kappa shape index (κ2) is 9.27. The van der Waals surface area contributed by atoms with Crippen LogP contribution in [-0.4, -0.2) is 43.0 Å². The van der Waals surface area contributed by atoms with Gasteiger partial charge in [-0.05, 0) is 67.8 Å². The molecule has 2 aromatic rings. The van der Waals surface area contributed by atoms with Crippen molar-refractivity contribution in [2.45, 2.75) is 18.9 Å². The van der Waals surface area contributed by atoms with Crippen LogP contribution in [0.1, 0.15) is 34.9 Å². The predicted octanol–water partition coefficient (Wildman–Crippen LogP) is 4.88. The van der Waals surface area contributed by atoms with E-state index in [0.29, 0.717) is 22.4 Å². The first-order chi connectivity index (χ1) is 13.4. The summed E-state index contributed by atoms with van der Waals surface area (Å²) in [5, 5.41) is 11.3. The molecule has 0 spiro atoms. The van der Waals surface area contributed by atoms with Gasteiger partial charge in [-0.25, -0.2) is 0 Å². The number of rotatable bonds is 9. The van der Waals surface area contributed by atoms with Gasteiger partial charge >= 0.3 is 0 Å². The van der Waals surface area contributed by atoms with E-state index in [0.717, 1.165) is 36.4 Å². The van der Waals surface area contributed by atoms with Crippen LogP contribution in [0.15, 0.2) is 42.5 Å². The fourth-order valence-electron chi connectivity index (χ4n) is 3.46. The molecule has 1 saturated carbocycles. The zero-order valence-corrected chi connectivity index (χ0v) is 17.6. The standard InChI is InChI=1S/C22H25Cl2NO3/c1-25(10-9-21(26)15-5-8-19(23)20(24)12-15)13-16-11-18(16)22(27)14-3-6-17(28-2)7-4-14/h3-8,12,16,18,21,26H,9-11,13H2,1-2H3/t16-,18+,21?/m1/s1. The van der Waals surface area contributed by atoms with Gasteiger partial charge in [-0.3, -0.25) is 4.79 Å². The Kier molecular flexibility index (Phi) is 7.00. The molecule has 0 amide bonds. The molecule has 1 aliphatic carbocycles. The van der Waals surface area contributed by atoms with Gasteiger partial charge in [0.15, 0.2) is 5.78 Å². The lowest BCUT2D eigenvalue weighted by Crippen LogP contribution is -2.24. The second-order valence-electron chi connectivity index (χ2n) is 7.44. The molecule has 28 heavy (non-hydrogen) atoms. The van der Waals surface area contributed by atoms with E-state index in [-0.39, 0.29) is 11.7 Å². The number of aliphatic hydroxyl groups is 1. The average Bonchev–Trinajstić information content (AvgIpc) is 3.46. The molecule has 0 aromatic heterocycles. The minimum atomic E-state index is -0.590. The first-order valence-electron chi connectivity index (χ1n) is 9.39. The lowest BCUT2D eigenvalue weighted by molar-refractivity contribution is 0.0956. The normalized spacial score (nSPS) is 19.5. The Morgan fingerprint density at radius 3 is 2.57 bits per heavy atom. The Balaban J connectivity index is 1.44. The fourth-order valence-corrected chi connectivity index (χ4v) is 3.77. The summed E-state index contributed by atoms with van der Waals surface area (Å²) in [6.45, 7) is 1.59. The van der Waals surface area contributed by atoms with E-state index in [1.54, 1.807) is 25.3 Å². The third-order valence-corrected chi connectivity index (χ3v) is 6.03. The van der Waals surface area contributed by atoms with Crippen LogP contribution in [0, 0.1) is 11.8 Å². The van der Waals surface area contributed by atoms with Crippen molar-refractivity contribution < 1.29 is 14.6 Å². The van der Waals surface area contributed by atoms with E-state index in [2.05, 4.69) is 4.90 Å². The molecule has 6 heteroatoms. The smallest absolute Gasteiger partial charge is 0.166 e. The summed E-state index contributed by atoms with van der Waals surface area (Å²) in [6, 6.07) is 12.5. The Morgan fingerprint density at radius 2 is 1.93 bits per heavy atom. The minimum Gasteiger partial charge on any atom is -0.497 e. The van der Waals surface area contributed by atoms with Crippen LogP contribution in [0.2, 0.25) is 10.0 Å². The quantitative estimate of drug-likeness (QED) is 0.586. The molecule has 4 nitrogen and oxygen atoms in total. The van der Waals surface area contributed by atoms with E-state index in [9.17, 15) is 9.90 Å². The van der Waals surface area contributed by atoms with Crippen molar-refractivity contribution in [3.8, 4) is 5.75 Å². The van der Waals surface area contributed by atoms with Crippen LogP contribution in [0.3, 0.4) is 0 Å². The van der Waals surface area contributed by atoms with Crippen molar-refractivity contribution in [3.63, 3.8) is 0 Å². The SMILES string of the molecule is COc1ccc(C(=O)[C@H]2C[C@@H]2CN(C)CCC(O)c2ccc(Cl)c(Cl)c2)cc1. The van der Waals surface area contributed by atoms with Crippen LogP contribution in [-0.2, 0) is 0 Å². The molecule has 0 aliphatic heterocycles. The number of ketones is 1. The van der Waals surface area contributed by atoms with Gasteiger partial charge in [-0.15, -0.1) is 0 Å². The van der Waals surface area contributed by atoms with Gasteiger partial charge < -0.3 is 14.7 Å². The number of halogens is 2. The lowest BCUT2D eigenvalue weighted by atomic mass is 10.1. The largest absolute Gasteiger partial charge is 0.497 e. The molecule has 3 atom stereocenters. The highest BCUT2D eigenvalue weighted by molar-refractivity contribution is 6.42. The summed E-state index contributed by atoms with van der Waals surface area (Å²) in [6.07, 6.45) is 0.927. The summed E-state index contributed by atoms with van der Waals surface area (Å²) in [5.41, 5.74) is 1.51. The molecule has 0 saturated heterocycles. The monoisotopic (exact) mass is 421 g/mol. The van der Waals surface area contributed by atoms with E-state index in [4.69, 9.17) is 27.9 Å². The molecule has 150 valence electrons. The molecule has 3 rings (SSSR count). The molecule has 1 N–H and O–H groups in total. The highest BCUT2D eigenvalue weighted by atomic mass is 35.5. The van der Waals surface area contributed by atoms with Crippen LogP contribution < -0.4 is 4.74 Å². The first kappa shape index (κ1) is 21.1. The van der Waals surface area contributed by atoms with E-state index >= 15 is 0 Å². The first-order valence-corrected chi connectivity index (χ1v) is 10.1. The van der Waals surface area contributed by atoms with Crippen LogP contribution in [0.5, 0.6) is 5.75 Å². The summed E-state index contributed by atoms with van der Waals surface area (Å²) in [4.78, 5) is 14.8. The van der Waals surface area contributed by atoms with Gasteiger partial charge in [0.2, 0.25) is 0 Å². The lowest BCUT2D eigenvalue weighted by Gasteiger charge is -2.19. The second-order valence-corrected chi connectivity index (χ2v) is 8.25. The summed E-state index contributed by atoms with van der Waals surface area (Å²) in [5.74, 6) is 1.43. The number of methoxy groups -OCH3 is 1. The molecule has 0 radical (unpaired) electrons. The molecule has 0 heterocycles. The van der Waals surface area contributed by atoms with Crippen molar-refractivity contribution in [1.82, 2.24) is 4.90 Å². The van der Waals surface area contributed by atoms with Crippen LogP contribution in [0.4, 0.5) is 0 Å². The zero-order valence-electron chi connectivity index (χ0n) is 16.1. The molecule has 1 unspecified atom stereocenters. The van der Waals surface area contributed by atoms with Gasteiger partial charge in [-0.1, -0.05) is 29.3 Å². The summed E-state index contributed by atoms with van der Waals surface area (Å²) in [7, 11) is 3.64. The molecular weight excluding hydrogens is 397 g/mol. The molecule has 1 aliphatic rings. The van der Waals surface area contributed by atoms with E-state index in [1.165, 1.54) is 0 Å². The Bertz CT molecular complexity index is 825. The number of Topliss-reactive ketones (excluding diaryl/α,β-unsaturated/α-hetero) is 1. The number of carbonyl (C=O) groups excluding carboxylic acids is 1. The van der Waals surface area contributed by atoms with Crippen molar-refractivity contribution in [3.05, 3.63) is 63.6 Å². The highest BCUT2D eigenvalue weighted by Crippen LogP contribution is 2.41. The number of benzene rings is 2. The van der Waals surface area contributed by atoms with E-state index < -0.39 is 6.10 Å². The summed E-state index contributed by atoms with van der Waals surface area (Å²) < 4.78 is 5.14. The average molecular weight is 422 g/mol. The van der Waals surface area contributed by atoms with Gasteiger partial charge in [0.05, 0.1) is 23.3 Å². The van der Waals surface area contributed by atoms with Gasteiger partial charge in [-0.2, -0.15) is 0 Å². The maximum atomic E-state index is 12.6. The predicted molar refractivity (Wildman–Crippen MR) is 112 cm³/mol. The number of hydrogen-bond acceptors (Lipinski definition) is 4. The highest BCUT2D eigenvalue weighted by Gasteiger charge is 2.43. The molecule has 0 bridgehead atoms. The van der Waals surface area contributed by atoms with E-state index in [1.807, 2.05) is 31.3 Å². The molecular formula is C22H25Cl2NO3. The maximum absolute atomic E-state index is 12.6. The van der Waals surface area contributed by atoms with Crippen LogP contribution in [0.25, 0.3) is 0 Å². The third kappa shape index (κ3) is 5.26. The maximum Gasteiger partial charge on any atom is 0.166 e. The zero-order chi connectivity index (χ0) is 20.3. The van der Waals surface area contributed by atoms with Gasteiger partial charge in [0, 0.05) is 24.6 Å². The Morgan fingerprint density at radius 1 is 1.21 bits per heavy atom. The number of nitrogens with zero attached hydrogens (tertiary/aromatic N) is 1. The topological polar surface area (TPSA) is 49.8 Å². The van der Waals surface area contributed by atoms with Crippen molar-refractivity contribution in [2.75, 3.05) is 27.2 Å². The van der Waals surface area contributed by atoms with Gasteiger partial charge in [0.1, 0.15) is 5.75 Å².